The molecule has 1 fully saturated rings. The standard InChI is InChI=1S/C26H29N5O3/c32-22(19-6-2-1-3-7-19)18-28-25(33)21-10-11-24(30-29-21)31-16-13-26(14-17-31)12-15-27-20-8-4-5-9-23(20)34-26/h1-11,22,27,32H,12-18H2,(H,28,33). The molecule has 1 amide bonds. The summed E-state index contributed by atoms with van der Waals surface area (Å²) in [6.45, 7) is 2.62. The van der Waals surface area contributed by atoms with Crippen molar-refractivity contribution in [1.82, 2.24) is 15.5 Å². The van der Waals surface area contributed by atoms with Crippen LogP contribution in [0.5, 0.6) is 5.75 Å². The minimum atomic E-state index is -0.772. The van der Waals surface area contributed by atoms with Gasteiger partial charge in [-0.05, 0) is 29.8 Å². The zero-order valence-corrected chi connectivity index (χ0v) is 19.0. The maximum Gasteiger partial charge on any atom is 0.271 e. The molecule has 1 spiro atoms. The van der Waals surface area contributed by atoms with E-state index in [9.17, 15) is 9.90 Å². The minimum absolute atomic E-state index is 0.110. The third kappa shape index (κ3) is 4.82. The van der Waals surface area contributed by atoms with Gasteiger partial charge in [0.2, 0.25) is 0 Å². The molecule has 176 valence electrons. The first-order chi connectivity index (χ1) is 16.6. The summed E-state index contributed by atoms with van der Waals surface area (Å²) in [6, 6.07) is 20.8. The maximum absolute atomic E-state index is 12.4. The lowest BCUT2D eigenvalue weighted by Gasteiger charge is -2.41. The summed E-state index contributed by atoms with van der Waals surface area (Å²) in [5.74, 6) is 1.31. The molecule has 1 atom stereocenters. The monoisotopic (exact) mass is 459 g/mol. The van der Waals surface area contributed by atoms with Crippen LogP contribution in [0.15, 0.2) is 66.7 Å². The van der Waals surface area contributed by atoms with E-state index >= 15 is 0 Å². The lowest BCUT2D eigenvalue weighted by atomic mass is 9.88. The Labute approximate surface area is 199 Å². The number of fused-ring (bicyclic) bond motifs is 1. The highest BCUT2D eigenvalue weighted by Gasteiger charge is 2.38. The second-order valence-corrected chi connectivity index (χ2v) is 8.86. The molecule has 8 nitrogen and oxygen atoms in total. The van der Waals surface area contributed by atoms with Gasteiger partial charge in [0.15, 0.2) is 11.5 Å². The molecule has 0 saturated carbocycles. The molecule has 1 unspecified atom stereocenters. The molecular formula is C26H29N5O3. The number of ether oxygens (including phenoxy) is 1. The number of anilines is 2. The van der Waals surface area contributed by atoms with Crippen LogP contribution < -0.4 is 20.3 Å². The van der Waals surface area contributed by atoms with Crippen LogP contribution in [-0.2, 0) is 0 Å². The van der Waals surface area contributed by atoms with Crippen LogP contribution in [0, 0.1) is 0 Å². The Morgan fingerprint density at radius 2 is 1.79 bits per heavy atom. The number of carbonyl (C=O) groups excluding carboxylic acids is 1. The predicted octanol–water partition coefficient (Wildman–Crippen LogP) is 3.17. The molecular weight excluding hydrogens is 430 g/mol. The highest BCUT2D eigenvalue weighted by Crippen LogP contribution is 2.38. The number of amides is 1. The average molecular weight is 460 g/mol. The molecule has 3 aromatic rings. The van der Waals surface area contributed by atoms with Gasteiger partial charge in [0.05, 0.1) is 11.8 Å². The van der Waals surface area contributed by atoms with E-state index in [1.165, 1.54) is 0 Å². The summed E-state index contributed by atoms with van der Waals surface area (Å²) in [5.41, 5.74) is 1.86. The lowest BCUT2D eigenvalue weighted by Crippen LogP contribution is -2.48. The Balaban J connectivity index is 1.16. The van der Waals surface area contributed by atoms with E-state index in [0.29, 0.717) is 0 Å². The van der Waals surface area contributed by atoms with Gasteiger partial charge in [0.25, 0.3) is 5.91 Å². The van der Waals surface area contributed by atoms with Crippen LogP contribution >= 0.6 is 0 Å². The van der Waals surface area contributed by atoms with Crippen LogP contribution in [0.25, 0.3) is 0 Å². The number of hydrogen-bond donors (Lipinski definition) is 3. The molecule has 3 N–H and O–H groups in total. The minimum Gasteiger partial charge on any atom is -0.485 e. The number of para-hydroxylation sites is 2. The Bertz CT molecular complexity index is 1110. The van der Waals surface area contributed by atoms with Crippen LogP contribution in [-0.4, -0.2) is 53.0 Å². The summed E-state index contributed by atoms with van der Waals surface area (Å²) < 4.78 is 6.50. The van der Waals surface area contributed by atoms with Crippen LogP contribution in [0.2, 0.25) is 0 Å². The van der Waals surface area contributed by atoms with Gasteiger partial charge in [-0.15, -0.1) is 10.2 Å². The van der Waals surface area contributed by atoms with E-state index < -0.39 is 6.10 Å². The van der Waals surface area contributed by atoms with Crippen molar-refractivity contribution in [3.63, 3.8) is 0 Å². The second-order valence-electron chi connectivity index (χ2n) is 8.86. The van der Waals surface area contributed by atoms with Crippen molar-refractivity contribution < 1.29 is 14.6 Å². The highest BCUT2D eigenvalue weighted by molar-refractivity contribution is 5.92. The number of aliphatic hydroxyl groups excluding tert-OH is 1. The molecule has 1 aromatic heterocycles. The van der Waals surface area contributed by atoms with Gasteiger partial charge >= 0.3 is 0 Å². The molecule has 2 aliphatic heterocycles. The molecule has 0 bridgehead atoms. The van der Waals surface area contributed by atoms with Crippen molar-refractivity contribution in [2.24, 2.45) is 0 Å². The van der Waals surface area contributed by atoms with Crippen molar-refractivity contribution in [3.05, 3.63) is 78.0 Å². The fraction of sp³-hybridized carbons (Fsp3) is 0.346. The van der Waals surface area contributed by atoms with Crippen LogP contribution in [0.3, 0.4) is 0 Å². The molecule has 0 aliphatic carbocycles. The number of carbonyl (C=O) groups is 1. The number of benzene rings is 2. The number of nitrogens with zero attached hydrogens (tertiary/aromatic N) is 3. The van der Waals surface area contributed by atoms with Gasteiger partial charge in [-0.3, -0.25) is 4.79 Å². The quantitative estimate of drug-likeness (QED) is 0.539. The number of piperidine rings is 1. The summed E-state index contributed by atoms with van der Waals surface area (Å²) in [6.07, 6.45) is 1.97. The van der Waals surface area contributed by atoms with Crippen molar-refractivity contribution in [2.75, 3.05) is 36.4 Å². The average Bonchev–Trinajstić information content (AvgIpc) is 3.07. The van der Waals surface area contributed by atoms with Gasteiger partial charge < -0.3 is 25.4 Å². The first-order valence-electron chi connectivity index (χ1n) is 11.7. The third-order valence-electron chi connectivity index (χ3n) is 6.63. The van der Waals surface area contributed by atoms with Crippen molar-refractivity contribution in [2.45, 2.75) is 31.0 Å². The zero-order valence-electron chi connectivity index (χ0n) is 19.0. The molecule has 3 heterocycles. The van der Waals surface area contributed by atoms with E-state index in [1.54, 1.807) is 6.07 Å². The number of aromatic nitrogens is 2. The smallest absolute Gasteiger partial charge is 0.271 e. The largest absolute Gasteiger partial charge is 0.485 e. The van der Waals surface area contributed by atoms with Gasteiger partial charge in [-0.25, -0.2) is 0 Å². The number of nitrogens with one attached hydrogen (secondary N) is 2. The summed E-state index contributed by atoms with van der Waals surface area (Å²) in [7, 11) is 0. The fourth-order valence-corrected chi connectivity index (χ4v) is 4.59. The Hall–Kier alpha value is -3.65. The van der Waals surface area contributed by atoms with Crippen molar-refractivity contribution in [3.8, 4) is 5.75 Å². The van der Waals surface area contributed by atoms with E-state index in [4.69, 9.17) is 4.74 Å². The topological polar surface area (TPSA) is 99.6 Å². The van der Waals surface area contributed by atoms with Crippen LogP contribution in [0.1, 0.15) is 41.4 Å². The number of hydrogen-bond acceptors (Lipinski definition) is 7. The van der Waals surface area contributed by atoms with Gasteiger partial charge in [-0.1, -0.05) is 42.5 Å². The first kappa shape index (κ1) is 22.2. The fourth-order valence-electron chi connectivity index (χ4n) is 4.59. The van der Waals surface area contributed by atoms with Gasteiger partial charge in [0.1, 0.15) is 11.4 Å². The summed E-state index contributed by atoms with van der Waals surface area (Å²) in [4.78, 5) is 14.6. The maximum atomic E-state index is 12.4. The highest BCUT2D eigenvalue weighted by atomic mass is 16.5. The lowest BCUT2D eigenvalue weighted by molar-refractivity contribution is 0.0415. The first-order valence-corrected chi connectivity index (χ1v) is 11.7. The second kappa shape index (κ2) is 9.69. The molecule has 8 heteroatoms. The van der Waals surface area contributed by atoms with E-state index in [2.05, 4.69) is 31.8 Å². The molecule has 2 aromatic carbocycles. The van der Waals surface area contributed by atoms with E-state index in [-0.39, 0.29) is 23.7 Å². The Morgan fingerprint density at radius 3 is 2.56 bits per heavy atom. The SMILES string of the molecule is O=C(NCC(O)c1ccccc1)c1ccc(N2CCC3(CCNc4ccccc4O3)CC2)nn1. The molecule has 1 saturated heterocycles. The number of aliphatic hydroxyl groups is 1. The van der Waals surface area contributed by atoms with Gasteiger partial charge in [0, 0.05) is 45.4 Å². The van der Waals surface area contributed by atoms with Gasteiger partial charge in [-0.2, -0.15) is 0 Å². The predicted molar refractivity (Wildman–Crippen MR) is 130 cm³/mol. The summed E-state index contributed by atoms with van der Waals surface area (Å²) >= 11 is 0. The Morgan fingerprint density at radius 1 is 1.03 bits per heavy atom. The normalized spacial score (nSPS) is 17.6. The van der Waals surface area contributed by atoms with Crippen molar-refractivity contribution >= 4 is 17.4 Å². The number of rotatable bonds is 5. The van der Waals surface area contributed by atoms with Crippen LogP contribution in [0.4, 0.5) is 11.5 Å². The molecule has 2 aliphatic rings. The molecule has 5 rings (SSSR count). The van der Waals surface area contributed by atoms with E-state index in [0.717, 1.165) is 61.7 Å². The van der Waals surface area contributed by atoms with Crippen molar-refractivity contribution in [1.29, 1.82) is 0 Å². The molecule has 34 heavy (non-hydrogen) atoms. The Kier molecular flexibility index (Phi) is 6.31. The third-order valence-corrected chi connectivity index (χ3v) is 6.63. The zero-order chi connectivity index (χ0) is 23.4. The summed E-state index contributed by atoms with van der Waals surface area (Å²) in [5, 5.41) is 24.8. The van der Waals surface area contributed by atoms with E-state index in [1.807, 2.05) is 54.6 Å². The molecule has 0 radical (unpaired) electrons.